The van der Waals surface area contributed by atoms with Crippen LogP contribution < -0.4 is 43.8 Å². The van der Waals surface area contributed by atoms with Gasteiger partial charge >= 0.3 is 5.97 Å². The molecule has 0 aliphatic rings. The van der Waals surface area contributed by atoms with Crippen LogP contribution in [0.25, 0.3) is 0 Å². The number of aliphatic hydroxyl groups excluding tert-OH is 2. The Morgan fingerprint density at radius 1 is 0.581 bits per heavy atom. The average molecular weight is 1210 g/mol. The molecule has 2 aromatic rings. The molecule has 0 radical (unpaired) electrons. The zero-order valence-corrected chi connectivity index (χ0v) is 51.0. The highest BCUT2D eigenvalue weighted by Crippen LogP contribution is 2.21. The number of imidazole rings is 1. The Morgan fingerprint density at radius 2 is 1.16 bits per heavy atom. The molecule has 86 heavy (non-hydrogen) atoms. The zero-order valence-electron chi connectivity index (χ0n) is 51.0. The molecule has 1 aromatic heterocycles. The van der Waals surface area contributed by atoms with Gasteiger partial charge in [0.2, 0.25) is 29.5 Å². The van der Waals surface area contributed by atoms with Crippen LogP contribution in [0.15, 0.2) is 47.8 Å². The topological polar surface area (TPSA) is 411 Å². The molecule has 0 aliphatic carbocycles. The number of carboxylic acids is 1. The lowest BCUT2D eigenvalue weighted by atomic mass is 9.89. The van der Waals surface area contributed by atoms with Gasteiger partial charge in [-0.1, -0.05) is 121 Å². The number of nitrogens with one attached hydrogen (secondary N) is 6. The molecule has 0 fully saturated rings. The van der Waals surface area contributed by atoms with E-state index in [2.05, 4.69) is 48.5 Å². The lowest BCUT2D eigenvalue weighted by Gasteiger charge is -2.25. The van der Waals surface area contributed by atoms with Crippen LogP contribution in [0.2, 0.25) is 0 Å². The number of hydrogen-bond acceptors (Lipinski definition) is 15. The van der Waals surface area contributed by atoms with Crippen molar-refractivity contribution in [2.24, 2.45) is 45.9 Å². The number of carbonyl (C=O) groups excluding carboxylic acids is 9. The molecule has 1 heterocycles. The lowest BCUT2D eigenvalue weighted by molar-refractivity contribution is -0.137. The third-order valence-electron chi connectivity index (χ3n) is 15.1. The largest absolute Gasteiger partial charge is 0.481 e. The van der Waals surface area contributed by atoms with E-state index in [0.29, 0.717) is 37.1 Å². The van der Waals surface area contributed by atoms with E-state index >= 15 is 0 Å². The first-order valence-electron chi connectivity index (χ1n) is 31.0. The van der Waals surface area contributed by atoms with Gasteiger partial charge < -0.3 is 64.1 Å². The van der Waals surface area contributed by atoms with Crippen LogP contribution in [0, 0.1) is 23.7 Å². The molecule has 0 aliphatic heterocycles. The zero-order chi connectivity index (χ0) is 63.5. The van der Waals surface area contributed by atoms with Gasteiger partial charge in [0, 0.05) is 69.3 Å². The SMILES string of the molecule is CCCCCCCCCCCCCCCC(=O)N[C@@H](CO)C(=O)NCC(=O)C[C@@H](CO)C(=O)NCC(=O)C[C@@H](Cc1cnc[nH]1)C(=O)N[C@@H](Cc1ccccc1)C(=O)C[C@@H](CCCN=C(N)N)C(=O)N[C@@H](CCCCN)C(=O)C[C@H](C)CCC(=O)O. The molecule has 0 saturated carbocycles. The van der Waals surface area contributed by atoms with Gasteiger partial charge in [0.15, 0.2) is 29.1 Å². The first kappa shape index (κ1) is 75.2. The Bertz CT molecular complexity index is 2370. The van der Waals surface area contributed by atoms with Crippen molar-refractivity contribution in [1.29, 1.82) is 0 Å². The van der Waals surface area contributed by atoms with E-state index < -0.39 is 128 Å². The highest BCUT2D eigenvalue weighted by atomic mass is 16.4. The van der Waals surface area contributed by atoms with Gasteiger partial charge in [-0.3, -0.25) is 52.9 Å². The number of H-pyrrole nitrogens is 1. The summed E-state index contributed by atoms with van der Waals surface area (Å²) < 4.78 is 0. The van der Waals surface area contributed by atoms with E-state index in [4.69, 9.17) is 17.2 Å². The number of Topliss-reactive ketones (excluding diaryl/α,β-unsaturated/α-hetero) is 4. The molecule has 15 N–H and O–H groups in total. The highest BCUT2D eigenvalue weighted by Gasteiger charge is 2.33. The molecule has 7 atom stereocenters. The van der Waals surface area contributed by atoms with Crippen LogP contribution in [0.3, 0.4) is 0 Å². The van der Waals surface area contributed by atoms with Crippen molar-refractivity contribution in [2.75, 3.05) is 39.4 Å². The van der Waals surface area contributed by atoms with Crippen molar-refractivity contribution in [3.05, 3.63) is 54.1 Å². The average Bonchev–Trinajstić information content (AvgIpc) is 3.78. The first-order valence-corrected chi connectivity index (χ1v) is 31.0. The van der Waals surface area contributed by atoms with Crippen LogP contribution in [0.4, 0.5) is 0 Å². The molecule has 24 nitrogen and oxygen atoms in total. The molecule has 1 aromatic carbocycles. The minimum Gasteiger partial charge on any atom is -0.481 e. The van der Waals surface area contributed by atoms with Gasteiger partial charge in [0.1, 0.15) is 6.04 Å². The predicted molar refractivity (Wildman–Crippen MR) is 327 cm³/mol. The Balaban J connectivity index is 2.12. The number of carbonyl (C=O) groups is 10. The van der Waals surface area contributed by atoms with Gasteiger partial charge in [-0.15, -0.1) is 0 Å². The summed E-state index contributed by atoms with van der Waals surface area (Å²) in [6.45, 7) is 1.76. The Morgan fingerprint density at radius 3 is 1.73 bits per heavy atom. The molecule has 0 spiro atoms. The maximum absolute atomic E-state index is 14.6. The Labute approximate surface area is 507 Å². The minimum absolute atomic E-state index is 0.00788. The number of guanidine groups is 1. The van der Waals surface area contributed by atoms with Crippen molar-refractivity contribution < 1.29 is 63.3 Å². The predicted octanol–water partition coefficient (Wildman–Crippen LogP) is 3.72. The number of rotatable bonds is 52. The summed E-state index contributed by atoms with van der Waals surface area (Å²) in [4.78, 5) is 144. The third kappa shape index (κ3) is 34.3. The quantitative estimate of drug-likeness (QED) is 0.0255. The number of amides is 5. The molecule has 0 saturated heterocycles. The smallest absolute Gasteiger partial charge is 0.303 e. The second-order valence-electron chi connectivity index (χ2n) is 22.7. The van der Waals surface area contributed by atoms with Crippen LogP contribution >= 0.6 is 0 Å². The lowest BCUT2D eigenvalue weighted by Crippen LogP contribution is -2.50. The number of nitrogens with zero attached hydrogens (tertiary/aromatic N) is 2. The number of aliphatic imine (C=N–C) groups is 1. The fourth-order valence-corrected chi connectivity index (χ4v) is 9.95. The Hall–Kier alpha value is -6.92. The van der Waals surface area contributed by atoms with Crippen LogP contribution in [0.5, 0.6) is 0 Å². The summed E-state index contributed by atoms with van der Waals surface area (Å²) in [5, 5.41) is 42.1. The van der Waals surface area contributed by atoms with Crippen molar-refractivity contribution in [2.45, 2.75) is 205 Å². The number of nitrogens with two attached hydrogens (primary N) is 3. The van der Waals surface area contributed by atoms with E-state index in [1.165, 1.54) is 63.9 Å². The van der Waals surface area contributed by atoms with Gasteiger partial charge in [0.05, 0.1) is 56.6 Å². The standard InChI is InChI=1S/C62H101N11O13/c1-3-4-5-6-7-8-9-10-11-12-13-14-18-26-56(80)71-53(41-75)61(86)69-39-50(77)35-47(40-74)58(83)68-38-49(76)34-46(33-48-37-66-42-70-48)60(85)73-52(32-44-22-16-15-17-23-44)55(79)36-45(24-21-30-67-62(64)65)59(84)72-51(25-19-20-29-63)54(78)31-43(2)27-28-57(81)82/h15-17,22-23,37,42-43,45-47,51-53,74-75H,3-14,18-21,24-36,38-41,63H2,1-2H3,(H,66,70)(H,68,83)(H,69,86)(H,71,80)(H,72,84)(H,73,85)(H,81,82)(H4,64,65,67)/t43-,45-,46-,47+,51+,52+,53+/m1/s1. The van der Waals surface area contributed by atoms with Crippen molar-refractivity contribution in [1.82, 2.24) is 36.6 Å². The maximum atomic E-state index is 14.6. The normalized spacial score (nSPS) is 13.6. The number of aromatic amines is 1. The third-order valence-corrected chi connectivity index (χ3v) is 15.1. The van der Waals surface area contributed by atoms with E-state index in [1.807, 2.05) is 0 Å². The summed E-state index contributed by atoms with van der Waals surface area (Å²) in [6.07, 6.45) is 18.4. The summed E-state index contributed by atoms with van der Waals surface area (Å²) in [5.74, 6) is -10.4. The molecular weight excluding hydrogens is 1110 g/mol. The highest BCUT2D eigenvalue weighted by molar-refractivity contribution is 5.97. The van der Waals surface area contributed by atoms with E-state index in [0.717, 1.165) is 25.7 Å². The van der Waals surface area contributed by atoms with Gasteiger partial charge in [-0.05, 0) is 69.4 Å². The van der Waals surface area contributed by atoms with E-state index in [-0.39, 0.29) is 88.4 Å². The molecule has 0 bridgehead atoms. The first-order chi connectivity index (χ1) is 41.3. The number of benzene rings is 1. The fraction of sp³-hybridized carbons (Fsp3) is 0.677. The van der Waals surface area contributed by atoms with Gasteiger partial charge in [0.25, 0.3) is 0 Å². The van der Waals surface area contributed by atoms with Crippen molar-refractivity contribution >= 4 is 64.6 Å². The number of unbranched alkanes of at least 4 members (excludes halogenated alkanes) is 13. The number of ketones is 4. The second-order valence-corrected chi connectivity index (χ2v) is 22.7. The maximum Gasteiger partial charge on any atom is 0.303 e. The number of aromatic nitrogens is 2. The number of aliphatic hydroxyl groups is 2. The number of carboxylic acid groups (broad SMARTS) is 1. The molecule has 24 heteroatoms. The molecule has 2 rings (SSSR count). The van der Waals surface area contributed by atoms with E-state index in [9.17, 15) is 63.3 Å². The monoisotopic (exact) mass is 1210 g/mol. The molecule has 0 unspecified atom stereocenters. The van der Waals surface area contributed by atoms with Crippen LogP contribution in [0.1, 0.15) is 186 Å². The van der Waals surface area contributed by atoms with Crippen LogP contribution in [-0.4, -0.2) is 147 Å². The summed E-state index contributed by atoms with van der Waals surface area (Å²) in [5.41, 5.74) is 18.0. The molecular formula is C62H101N11O13. The number of aliphatic carboxylic acids is 1. The summed E-state index contributed by atoms with van der Waals surface area (Å²) in [6, 6.07) is 5.31. The summed E-state index contributed by atoms with van der Waals surface area (Å²) >= 11 is 0. The van der Waals surface area contributed by atoms with Crippen molar-refractivity contribution in [3.8, 4) is 0 Å². The minimum atomic E-state index is -1.33. The molecule has 482 valence electrons. The fourth-order valence-electron chi connectivity index (χ4n) is 9.95. The Kier molecular flexibility index (Phi) is 39.7. The molecule has 5 amide bonds. The van der Waals surface area contributed by atoms with Gasteiger partial charge in [-0.25, -0.2) is 4.98 Å². The number of hydrogen-bond donors (Lipinski definition) is 12. The second kappa shape index (κ2) is 45.4. The van der Waals surface area contributed by atoms with E-state index in [1.54, 1.807) is 37.3 Å². The summed E-state index contributed by atoms with van der Waals surface area (Å²) in [7, 11) is 0. The van der Waals surface area contributed by atoms with Crippen LogP contribution in [-0.2, 0) is 60.8 Å². The van der Waals surface area contributed by atoms with Gasteiger partial charge in [-0.2, -0.15) is 0 Å². The van der Waals surface area contributed by atoms with Crippen molar-refractivity contribution in [3.63, 3.8) is 0 Å².